The average molecular weight is 367 g/mol. The number of likely N-dealkylation sites (tertiary alicyclic amines) is 1. The minimum atomic E-state index is -0.0884. The standard InChI is InChI=1S/C23H30N2O2/c1-3-4-14-24-23(27)20-13-12-17(2)25(16-20)22(26)15-19-10-7-9-18-8-5-6-11-21(18)19/h5-11,17,20H,3-4,12-16H2,1-2H3,(H,24,27). The highest BCUT2D eigenvalue weighted by Crippen LogP contribution is 2.25. The second kappa shape index (κ2) is 9.03. The van der Waals surface area contributed by atoms with Gasteiger partial charge in [0.1, 0.15) is 0 Å². The van der Waals surface area contributed by atoms with E-state index in [2.05, 4.69) is 37.4 Å². The quantitative estimate of drug-likeness (QED) is 0.788. The van der Waals surface area contributed by atoms with Crippen molar-refractivity contribution in [2.24, 2.45) is 5.92 Å². The minimum absolute atomic E-state index is 0.0884. The number of rotatable bonds is 6. The van der Waals surface area contributed by atoms with Gasteiger partial charge in [-0.05, 0) is 42.5 Å². The van der Waals surface area contributed by atoms with Crippen molar-refractivity contribution in [3.05, 3.63) is 48.0 Å². The first-order valence-corrected chi connectivity index (χ1v) is 10.1. The highest BCUT2D eigenvalue weighted by molar-refractivity contribution is 5.90. The van der Waals surface area contributed by atoms with Gasteiger partial charge < -0.3 is 10.2 Å². The van der Waals surface area contributed by atoms with E-state index < -0.39 is 0 Å². The summed E-state index contributed by atoms with van der Waals surface area (Å²) in [6, 6.07) is 14.5. The molecule has 0 aliphatic carbocycles. The lowest BCUT2D eigenvalue weighted by Gasteiger charge is -2.37. The Labute approximate surface area is 161 Å². The Balaban J connectivity index is 1.68. The van der Waals surface area contributed by atoms with Crippen LogP contribution in [0.3, 0.4) is 0 Å². The van der Waals surface area contributed by atoms with Gasteiger partial charge in [0.15, 0.2) is 0 Å². The second-order valence-corrected chi connectivity index (χ2v) is 7.63. The van der Waals surface area contributed by atoms with Crippen LogP contribution < -0.4 is 5.32 Å². The molecule has 3 rings (SSSR count). The second-order valence-electron chi connectivity index (χ2n) is 7.63. The molecular weight excluding hydrogens is 336 g/mol. The highest BCUT2D eigenvalue weighted by atomic mass is 16.2. The van der Waals surface area contributed by atoms with Crippen molar-refractivity contribution in [3.63, 3.8) is 0 Å². The van der Waals surface area contributed by atoms with Gasteiger partial charge in [-0.1, -0.05) is 55.8 Å². The molecular formula is C23H30N2O2. The number of carbonyl (C=O) groups is 2. The highest BCUT2D eigenvalue weighted by Gasteiger charge is 2.32. The van der Waals surface area contributed by atoms with E-state index >= 15 is 0 Å². The van der Waals surface area contributed by atoms with Crippen molar-refractivity contribution in [3.8, 4) is 0 Å². The lowest BCUT2D eigenvalue weighted by Crippen LogP contribution is -2.50. The van der Waals surface area contributed by atoms with Crippen LogP contribution in [-0.2, 0) is 16.0 Å². The summed E-state index contributed by atoms with van der Waals surface area (Å²) in [6.07, 6.45) is 4.19. The van der Waals surface area contributed by atoms with Gasteiger partial charge in [0.05, 0.1) is 12.3 Å². The van der Waals surface area contributed by atoms with Crippen molar-refractivity contribution in [1.82, 2.24) is 10.2 Å². The van der Waals surface area contributed by atoms with Crippen LogP contribution in [-0.4, -0.2) is 35.8 Å². The summed E-state index contributed by atoms with van der Waals surface area (Å²) < 4.78 is 0. The average Bonchev–Trinajstić information content (AvgIpc) is 2.68. The summed E-state index contributed by atoms with van der Waals surface area (Å²) in [5.74, 6) is 0.123. The lowest BCUT2D eigenvalue weighted by atomic mass is 9.91. The molecule has 2 unspecified atom stereocenters. The zero-order chi connectivity index (χ0) is 19.2. The maximum Gasteiger partial charge on any atom is 0.227 e. The monoisotopic (exact) mass is 366 g/mol. The van der Waals surface area contributed by atoms with Gasteiger partial charge in [-0.25, -0.2) is 0 Å². The van der Waals surface area contributed by atoms with Gasteiger partial charge in [-0.2, -0.15) is 0 Å². The van der Waals surface area contributed by atoms with E-state index in [1.54, 1.807) is 0 Å². The molecule has 2 aromatic rings. The Kier molecular flexibility index (Phi) is 6.49. The number of fused-ring (bicyclic) bond motifs is 1. The Morgan fingerprint density at radius 2 is 1.89 bits per heavy atom. The molecule has 0 aromatic heterocycles. The van der Waals surface area contributed by atoms with Gasteiger partial charge in [-0.3, -0.25) is 9.59 Å². The number of nitrogens with one attached hydrogen (secondary N) is 1. The molecule has 4 nitrogen and oxygen atoms in total. The molecule has 1 aliphatic rings. The minimum Gasteiger partial charge on any atom is -0.356 e. The predicted octanol–water partition coefficient (Wildman–Crippen LogP) is 3.93. The predicted molar refractivity (Wildman–Crippen MR) is 109 cm³/mol. The normalized spacial score (nSPS) is 19.9. The maximum atomic E-state index is 13.0. The Morgan fingerprint density at radius 1 is 1.11 bits per heavy atom. The fourth-order valence-corrected chi connectivity index (χ4v) is 3.91. The van der Waals surface area contributed by atoms with Crippen LogP contribution >= 0.6 is 0 Å². The first-order valence-electron chi connectivity index (χ1n) is 10.1. The van der Waals surface area contributed by atoms with Crippen LogP contribution in [0.5, 0.6) is 0 Å². The zero-order valence-corrected chi connectivity index (χ0v) is 16.4. The van der Waals surface area contributed by atoms with Gasteiger partial charge >= 0.3 is 0 Å². The van der Waals surface area contributed by atoms with Gasteiger partial charge in [0.2, 0.25) is 11.8 Å². The number of piperidine rings is 1. The number of nitrogens with zero attached hydrogens (tertiary/aromatic N) is 1. The van der Waals surface area contributed by atoms with Crippen LogP contribution in [0, 0.1) is 5.92 Å². The third kappa shape index (κ3) is 4.68. The SMILES string of the molecule is CCCCNC(=O)C1CCC(C)N(C(=O)Cc2cccc3ccccc23)C1. The van der Waals surface area contributed by atoms with E-state index in [1.807, 2.05) is 29.2 Å². The van der Waals surface area contributed by atoms with Crippen molar-refractivity contribution < 1.29 is 9.59 Å². The largest absolute Gasteiger partial charge is 0.356 e. The lowest BCUT2D eigenvalue weighted by molar-refractivity contribution is -0.137. The first-order chi connectivity index (χ1) is 13.1. The molecule has 1 N–H and O–H groups in total. The topological polar surface area (TPSA) is 49.4 Å². The van der Waals surface area contributed by atoms with E-state index in [4.69, 9.17) is 0 Å². The molecule has 1 fully saturated rings. The van der Waals surface area contributed by atoms with E-state index in [0.29, 0.717) is 13.0 Å². The Bertz CT molecular complexity index is 797. The zero-order valence-electron chi connectivity index (χ0n) is 16.4. The van der Waals surface area contributed by atoms with Crippen LogP contribution in [0.4, 0.5) is 0 Å². The summed E-state index contributed by atoms with van der Waals surface area (Å²) in [4.78, 5) is 27.4. The van der Waals surface area contributed by atoms with E-state index in [9.17, 15) is 9.59 Å². The molecule has 2 atom stereocenters. The Hall–Kier alpha value is -2.36. The molecule has 0 saturated carbocycles. The van der Waals surface area contributed by atoms with Crippen LogP contribution in [0.2, 0.25) is 0 Å². The van der Waals surface area contributed by atoms with Crippen molar-refractivity contribution in [1.29, 1.82) is 0 Å². The van der Waals surface area contributed by atoms with Crippen LogP contribution in [0.25, 0.3) is 10.8 Å². The van der Waals surface area contributed by atoms with Gasteiger partial charge in [-0.15, -0.1) is 0 Å². The summed E-state index contributed by atoms with van der Waals surface area (Å²) in [6.45, 7) is 5.46. The third-order valence-corrected chi connectivity index (χ3v) is 5.62. The number of amides is 2. The fraction of sp³-hybridized carbons (Fsp3) is 0.478. The Morgan fingerprint density at radius 3 is 2.70 bits per heavy atom. The van der Waals surface area contributed by atoms with Crippen LogP contribution in [0.1, 0.15) is 45.1 Å². The summed E-state index contributed by atoms with van der Waals surface area (Å²) in [5.41, 5.74) is 1.06. The third-order valence-electron chi connectivity index (χ3n) is 5.62. The molecule has 1 heterocycles. The molecule has 2 aromatic carbocycles. The first kappa shape index (κ1) is 19.4. The molecule has 0 bridgehead atoms. The number of hydrogen-bond donors (Lipinski definition) is 1. The number of carbonyl (C=O) groups excluding carboxylic acids is 2. The molecule has 0 radical (unpaired) electrons. The fourth-order valence-electron chi connectivity index (χ4n) is 3.91. The molecule has 0 spiro atoms. The molecule has 144 valence electrons. The molecule has 4 heteroatoms. The van der Waals surface area contributed by atoms with E-state index in [0.717, 1.165) is 48.6 Å². The number of benzene rings is 2. The maximum absolute atomic E-state index is 13.0. The molecule has 27 heavy (non-hydrogen) atoms. The molecule has 2 amide bonds. The number of hydrogen-bond acceptors (Lipinski definition) is 2. The van der Waals surface area contributed by atoms with E-state index in [1.165, 1.54) is 0 Å². The summed E-state index contributed by atoms with van der Waals surface area (Å²) in [5, 5.41) is 5.31. The molecule has 1 saturated heterocycles. The van der Waals surface area contributed by atoms with E-state index in [-0.39, 0.29) is 23.8 Å². The summed E-state index contributed by atoms with van der Waals surface area (Å²) in [7, 11) is 0. The van der Waals surface area contributed by atoms with Gasteiger partial charge in [0.25, 0.3) is 0 Å². The molecule has 1 aliphatic heterocycles. The smallest absolute Gasteiger partial charge is 0.227 e. The van der Waals surface area contributed by atoms with Crippen molar-refractivity contribution >= 4 is 22.6 Å². The van der Waals surface area contributed by atoms with Crippen LogP contribution in [0.15, 0.2) is 42.5 Å². The van der Waals surface area contributed by atoms with Crippen molar-refractivity contribution in [2.75, 3.05) is 13.1 Å². The van der Waals surface area contributed by atoms with Gasteiger partial charge in [0, 0.05) is 19.1 Å². The van der Waals surface area contributed by atoms with Crippen molar-refractivity contribution in [2.45, 2.75) is 52.0 Å². The summed E-state index contributed by atoms with van der Waals surface area (Å²) >= 11 is 0. The number of unbranched alkanes of at least 4 members (excludes halogenated alkanes) is 1.